The van der Waals surface area contributed by atoms with Gasteiger partial charge in [-0.15, -0.1) is 0 Å². The molecule has 114 valence electrons. The Morgan fingerprint density at radius 3 is 2.18 bits per heavy atom. The summed E-state index contributed by atoms with van der Waals surface area (Å²) in [5.41, 5.74) is 1.74. The number of benzene rings is 1. The van der Waals surface area contributed by atoms with E-state index in [0.717, 1.165) is 0 Å². The number of halogens is 1. The molecule has 0 saturated heterocycles. The summed E-state index contributed by atoms with van der Waals surface area (Å²) in [6.45, 7) is 3.65. The Morgan fingerprint density at radius 1 is 1.05 bits per heavy atom. The van der Waals surface area contributed by atoms with Crippen molar-refractivity contribution in [2.75, 3.05) is 10.6 Å². The lowest BCUT2D eigenvalue weighted by molar-refractivity contribution is -0.118. The highest BCUT2D eigenvalue weighted by molar-refractivity contribution is 6.29. The maximum atomic E-state index is 12.1. The maximum Gasteiger partial charge on any atom is 0.255 e. The summed E-state index contributed by atoms with van der Waals surface area (Å²) in [5, 5.41) is 5.80. The van der Waals surface area contributed by atoms with Gasteiger partial charge in [-0.3, -0.25) is 9.59 Å². The monoisotopic (exact) mass is 317 g/mol. The lowest BCUT2D eigenvalue weighted by Gasteiger charge is -2.09. The molecule has 2 amide bonds. The van der Waals surface area contributed by atoms with Gasteiger partial charge in [-0.25, -0.2) is 4.98 Å². The van der Waals surface area contributed by atoms with Crippen molar-refractivity contribution in [1.82, 2.24) is 4.98 Å². The van der Waals surface area contributed by atoms with Crippen LogP contribution >= 0.6 is 11.6 Å². The van der Waals surface area contributed by atoms with Crippen LogP contribution in [0.25, 0.3) is 0 Å². The zero-order valence-electron chi connectivity index (χ0n) is 12.3. The molecule has 0 aliphatic rings. The zero-order valence-corrected chi connectivity index (χ0v) is 13.0. The quantitative estimate of drug-likeness (QED) is 0.847. The standard InChI is InChI=1S/C16H16ClN3O2/c1-10(2)15(21)19-12-3-5-13(6-4-12)20-16(22)11-7-8-18-14(17)9-11/h3-10H,1-2H3,(H,19,21)(H,20,22). The van der Waals surface area contributed by atoms with Gasteiger partial charge in [0.15, 0.2) is 0 Å². The average Bonchev–Trinajstić information content (AvgIpc) is 2.49. The van der Waals surface area contributed by atoms with Gasteiger partial charge in [-0.05, 0) is 36.4 Å². The van der Waals surface area contributed by atoms with Crippen molar-refractivity contribution in [1.29, 1.82) is 0 Å². The highest BCUT2D eigenvalue weighted by Gasteiger charge is 2.09. The molecule has 0 fully saturated rings. The highest BCUT2D eigenvalue weighted by Crippen LogP contribution is 2.16. The van der Waals surface area contributed by atoms with E-state index in [4.69, 9.17) is 11.6 Å². The summed E-state index contributed by atoms with van der Waals surface area (Å²) in [7, 11) is 0. The van der Waals surface area contributed by atoms with Crippen LogP contribution < -0.4 is 10.6 Å². The molecule has 1 heterocycles. The summed E-state index contributed by atoms with van der Waals surface area (Å²) in [6.07, 6.45) is 1.47. The van der Waals surface area contributed by atoms with Crippen molar-refractivity contribution in [3.63, 3.8) is 0 Å². The first-order valence-corrected chi connectivity index (χ1v) is 7.17. The Bertz CT molecular complexity index is 684. The normalized spacial score (nSPS) is 10.4. The molecule has 2 aromatic rings. The molecular formula is C16H16ClN3O2. The van der Waals surface area contributed by atoms with Gasteiger partial charge in [-0.1, -0.05) is 25.4 Å². The van der Waals surface area contributed by atoms with E-state index in [1.807, 2.05) is 13.8 Å². The number of carbonyl (C=O) groups is 2. The number of hydrogen-bond acceptors (Lipinski definition) is 3. The largest absolute Gasteiger partial charge is 0.326 e. The van der Waals surface area contributed by atoms with E-state index < -0.39 is 0 Å². The number of amides is 2. The summed E-state index contributed by atoms with van der Waals surface area (Å²) >= 11 is 5.76. The molecule has 22 heavy (non-hydrogen) atoms. The fourth-order valence-corrected chi connectivity index (χ4v) is 1.84. The second kappa shape index (κ2) is 7.04. The number of anilines is 2. The third-order valence-corrected chi connectivity index (χ3v) is 3.13. The summed E-state index contributed by atoms with van der Waals surface area (Å²) in [6, 6.07) is 9.98. The SMILES string of the molecule is CC(C)C(=O)Nc1ccc(NC(=O)c2ccnc(Cl)c2)cc1. The van der Waals surface area contributed by atoms with Crippen LogP contribution in [0.2, 0.25) is 5.15 Å². The van der Waals surface area contributed by atoms with Crippen molar-refractivity contribution >= 4 is 34.8 Å². The van der Waals surface area contributed by atoms with Crippen LogP contribution in [0.5, 0.6) is 0 Å². The first-order chi connectivity index (χ1) is 10.5. The van der Waals surface area contributed by atoms with Gasteiger partial charge in [-0.2, -0.15) is 0 Å². The minimum absolute atomic E-state index is 0.0526. The maximum absolute atomic E-state index is 12.1. The van der Waals surface area contributed by atoms with Gasteiger partial charge < -0.3 is 10.6 Å². The molecule has 2 rings (SSSR count). The lowest BCUT2D eigenvalue weighted by Crippen LogP contribution is -2.17. The van der Waals surface area contributed by atoms with E-state index in [1.165, 1.54) is 12.3 Å². The zero-order chi connectivity index (χ0) is 16.1. The number of aromatic nitrogens is 1. The fraction of sp³-hybridized carbons (Fsp3) is 0.188. The molecule has 2 N–H and O–H groups in total. The number of carbonyl (C=O) groups excluding carboxylic acids is 2. The van der Waals surface area contributed by atoms with Crippen molar-refractivity contribution < 1.29 is 9.59 Å². The van der Waals surface area contributed by atoms with E-state index in [-0.39, 0.29) is 22.9 Å². The average molecular weight is 318 g/mol. The van der Waals surface area contributed by atoms with Crippen molar-refractivity contribution in [2.45, 2.75) is 13.8 Å². The fourth-order valence-electron chi connectivity index (χ4n) is 1.67. The Hall–Kier alpha value is -2.40. The van der Waals surface area contributed by atoms with Crippen molar-refractivity contribution in [3.05, 3.63) is 53.3 Å². The number of pyridine rings is 1. The smallest absolute Gasteiger partial charge is 0.255 e. The Morgan fingerprint density at radius 2 is 1.64 bits per heavy atom. The number of hydrogen-bond donors (Lipinski definition) is 2. The molecule has 1 aromatic heterocycles. The van der Waals surface area contributed by atoms with E-state index in [0.29, 0.717) is 16.9 Å². The van der Waals surface area contributed by atoms with Gasteiger partial charge in [0.1, 0.15) is 5.15 Å². The van der Waals surface area contributed by atoms with Gasteiger partial charge in [0, 0.05) is 29.1 Å². The Kier molecular flexibility index (Phi) is 5.12. The van der Waals surface area contributed by atoms with E-state index in [1.54, 1.807) is 30.3 Å². The molecule has 6 heteroatoms. The molecule has 0 unspecified atom stereocenters. The van der Waals surface area contributed by atoms with Crippen LogP contribution in [0.4, 0.5) is 11.4 Å². The van der Waals surface area contributed by atoms with Crippen molar-refractivity contribution in [2.24, 2.45) is 5.92 Å². The van der Waals surface area contributed by atoms with Crippen LogP contribution in [0, 0.1) is 5.92 Å². The lowest BCUT2D eigenvalue weighted by atomic mass is 10.2. The Labute approximate surface area is 133 Å². The minimum atomic E-state index is -0.275. The van der Waals surface area contributed by atoms with E-state index >= 15 is 0 Å². The van der Waals surface area contributed by atoms with Gasteiger partial charge in [0.2, 0.25) is 5.91 Å². The molecule has 0 radical (unpaired) electrons. The predicted molar refractivity (Wildman–Crippen MR) is 87.1 cm³/mol. The summed E-state index contributed by atoms with van der Waals surface area (Å²) < 4.78 is 0. The van der Waals surface area contributed by atoms with Gasteiger partial charge in [0.25, 0.3) is 5.91 Å². The summed E-state index contributed by atoms with van der Waals surface area (Å²) in [4.78, 5) is 27.5. The first kappa shape index (κ1) is 16.0. The molecule has 0 aliphatic heterocycles. The number of nitrogens with zero attached hydrogens (tertiary/aromatic N) is 1. The molecular weight excluding hydrogens is 302 g/mol. The number of nitrogens with one attached hydrogen (secondary N) is 2. The molecule has 0 saturated carbocycles. The topological polar surface area (TPSA) is 71.1 Å². The minimum Gasteiger partial charge on any atom is -0.326 e. The molecule has 0 aliphatic carbocycles. The van der Waals surface area contributed by atoms with E-state index in [9.17, 15) is 9.59 Å². The van der Waals surface area contributed by atoms with E-state index in [2.05, 4.69) is 15.6 Å². The van der Waals surface area contributed by atoms with Crippen LogP contribution in [-0.2, 0) is 4.79 Å². The predicted octanol–water partition coefficient (Wildman–Crippen LogP) is 3.58. The molecule has 5 nitrogen and oxygen atoms in total. The molecule has 0 atom stereocenters. The third-order valence-electron chi connectivity index (χ3n) is 2.92. The van der Waals surface area contributed by atoms with Crippen molar-refractivity contribution in [3.8, 4) is 0 Å². The van der Waals surface area contributed by atoms with Gasteiger partial charge >= 0.3 is 0 Å². The first-order valence-electron chi connectivity index (χ1n) is 6.79. The molecule has 0 spiro atoms. The molecule has 1 aromatic carbocycles. The van der Waals surface area contributed by atoms with Crippen LogP contribution in [0.1, 0.15) is 24.2 Å². The third kappa shape index (κ3) is 4.30. The van der Waals surface area contributed by atoms with Crippen LogP contribution in [-0.4, -0.2) is 16.8 Å². The Balaban J connectivity index is 2.02. The van der Waals surface area contributed by atoms with Gasteiger partial charge in [0.05, 0.1) is 0 Å². The molecule has 0 bridgehead atoms. The number of rotatable bonds is 4. The second-order valence-electron chi connectivity index (χ2n) is 5.04. The second-order valence-corrected chi connectivity index (χ2v) is 5.43. The summed E-state index contributed by atoms with van der Waals surface area (Å²) in [5.74, 6) is -0.415. The van der Waals surface area contributed by atoms with Crippen LogP contribution in [0.3, 0.4) is 0 Å². The highest BCUT2D eigenvalue weighted by atomic mass is 35.5. The van der Waals surface area contributed by atoms with Crippen LogP contribution in [0.15, 0.2) is 42.6 Å².